The maximum atomic E-state index is 6.24. The Bertz CT molecular complexity index is 815. The minimum absolute atomic E-state index is 0.250. The summed E-state index contributed by atoms with van der Waals surface area (Å²) in [6.45, 7) is 9.34. The van der Waals surface area contributed by atoms with Gasteiger partial charge in [0.15, 0.2) is 5.96 Å². The first-order valence-electron chi connectivity index (χ1n) is 11.7. The normalized spacial score (nSPS) is 20.0. The van der Waals surface area contributed by atoms with Gasteiger partial charge < -0.3 is 19.5 Å². The first-order valence-corrected chi connectivity index (χ1v) is 11.7. The Morgan fingerprint density at radius 1 is 1.23 bits per heavy atom. The van der Waals surface area contributed by atoms with Gasteiger partial charge in [0.1, 0.15) is 6.26 Å². The summed E-state index contributed by atoms with van der Waals surface area (Å²) in [4.78, 5) is 9.64. The van der Waals surface area contributed by atoms with E-state index in [1.165, 1.54) is 24.0 Å². The van der Waals surface area contributed by atoms with Gasteiger partial charge in [0.2, 0.25) is 0 Å². The Balaban J connectivity index is 1.21. The molecular formula is C24H35N5O2. The third-order valence-corrected chi connectivity index (χ3v) is 6.08. The molecule has 0 saturated carbocycles. The average molecular weight is 426 g/mol. The Morgan fingerprint density at radius 3 is 2.90 bits per heavy atom. The van der Waals surface area contributed by atoms with E-state index in [2.05, 4.69) is 51.5 Å². The summed E-state index contributed by atoms with van der Waals surface area (Å²) in [5, 5.41) is 7.48. The number of aliphatic imine (C=N–C) groups is 1. The molecule has 1 saturated heterocycles. The Labute approximate surface area is 185 Å². The Hall–Kier alpha value is -2.38. The van der Waals surface area contributed by atoms with Gasteiger partial charge in [0.05, 0.1) is 11.8 Å². The lowest BCUT2D eigenvalue weighted by Gasteiger charge is -2.36. The quantitative estimate of drug-likeness (QED) is 0.398. The molecule has 0 spiro atoms. The van der Waals surface area contributed by atoms with Crippen molar-refractivity contribution in [3.05, 3.63) is 53.4 Å². The maximum absolute atomic E-state index is 6.24. The third kappa shape index (κ3) is 6.08. The second-order valence-corrected chi connectivity index (χ2v) is 8.29. The fourth-order valence-electron chi connectivity index (χ4n) is 4.45. The van der Waals surface area contributed by atoms with E-state index in [4.69, 9.17) is 14.3 Å². The first kappa shape index (κ1) is 21.8. The third-order valence-electron chi connectivity index (χ3n) is 6.08. The van der Waals surface area contributed by atoms with Crippen molar-refractivity contribution < 1.29 is 9.26 Å². The van der Waals surface area contributed by atoms with E-state index in [0.29, 0.717) is 0 Å². The lowest BCUT2D eigenvalue weighted by Crippen LogP contribution is -2.52. The van der Waals surface area contributed by atoms with Gasteiger partial charge in [0, 0.05) is 58.5 Å². The molecule has 1 aliphatic carbocycles. The van der Waals surface area contributed by atoms with Crippen LogP contribution in [0.4, 0.5) is 0 Å². The molecule has 1 atom stereocenters. The Kier molecular flexibility index (Phi) is 7.96. The fraction of sp³-hybridized carbons (Fsp3) is 0.583. The second-order valence-electron chi connectivity index (χ2n) is 8.29. The van der Waals surface area contributed by atoms with E-state index in [0.717, 1.165) is 76.9 Å². The largest absolute Gasteiger partial charge is 0.373 e. The Morgan fingerprint density at radius 2 is 2.10 bits per heavy atom. The molecular weight excluding hydrogens is 390 g/mol. The van der Waals surface area contributed by atoms with Gasteiger partial charge in [-0.25, -0.2) is 0 Å². The molecule has 0 radical (unpaired) electrons. The minimum Gasteiger partial charge on any atom is -0.373 e. The number of fused-ring (bicyclic) bond motifs is 1. The summed E-state index contributed by atoms with van der Waals surface area (Å²) in [6.07, 6.45) is 6.35. The predicted octanol–water partition coefficient (Wildman–Crippen LogP) is 3.24. The molecule has 31 heavy (non-hydrogen) atoms. The first-order chi connectivity index (χ1) is 15.3. The van der Waals surface area contributed by atoms with Gasteiger partial charge in [-0.2, -0.15) is 0 Å². The summed E-state index contributed by atoms with van der Waals surface area (Å²) in [5.74, 6) is 1.02. The van der Waals surface area contributed by atoms with Crippen LogP contribution in [0.5, 0.6) is 0 Å². The highest BCUT2D eigenvalue weighted by molar-refractivity contribution is 5.80. The molecule has 4 rings (SSSR count). The van der Waals surface area contributed by atoms with E-state index in [1.807, 2.05) is 6.07 Å². The van der Waals surface area contributed by atoms with E-state index >= 15 is 0 Å². The van der Waals surface area contributed by atoms with Gasteiger partial charge in [-0.05, 0) is 43.7 Å². The van der Waals surface area contributed by atoms with Crippen LogP contribution in [0, 0.1) is 0 Å². The number of nitrogens with one attached hydrogen (secondary N) is 1. The standard InChI is InChI=1S/C24H35N5O2/c1-2-25-24(29-15-13-28(14-16-29)19-21-11-18-31-27-21)26-12-6-17-30-23-10-5-8-20-7-3-4-9-22(20)23/h3-4,7,9,11,18,23H,2,5-6,8,10,12-17,19H2,1H3,(H,25,26). The van der Waals surface area contributed by atoms with E-state index in [-0.39, 0.29) is 6.10 Å². The summed E-state index contributed by atoms with van der Waals surface area (Å²) < 4.78 is 11.2. The molecule has 1 aromatic carbocycles. The topological polar surface area (TPSA) is 66.1 Å². The number of piperazine rings is 1. The molecule has 1 aromatic heterocycles. The van der Waals surface area contributed by atoms with Crippen LogP contribution in [0.15, 0.2) is 46.1 Å². The van der Waals surface area contributed by atoms with Crippen molar-refractivity contribution in [2.75, 3.05) is 45.9 Å². The van der Waals surface area contributed by atoms with Crippen LogP contribution >= 0.6 is 0 Å². The van der Waals surface area contributed by atoms with Crippen LogP contribution in [0.3, 0.4) is 0 Å². The lowest BCUT2D eigenvalue weighted by molar-refractivity contribution is 0.0402. The lowest BCUT2D eigenvalue weighted by atomic mass is 9.89. The summed E-state index contributed by atoms with van der Waals surface area (Å²) >= 11 is 0. The van der Waals surface area contributed by atoms with Crippen molar-refractivity contribution in [3.8, 4) is 0 Å². The zero-order chi connectivity index (χ0) is 21.3. The number of hydrogen-bond acceptors (Lipinski definition) is 5. The number of guanidine groups is 1. The van der Waals surface area contributed by atoms with Gasteiger partial charge in [0.25, 0.3) is 0 Å². The monoisotopic (exact) mass is 425 g/mol. The molecule has 2 aromatic rings. The number of benzene rings is 1. The fourth-order valence-corrected chi connectivity index (χ4v) is 4.45. The van der Waals surface area contributed by atoms with Crippen LogP contribution in [0.2, 0.25) is 0 Å². The van der Waals surface area contributed by atoms with Crippen LogP contribution in [0.25, 0.3) is 0 Å². The number of rotatable bonds is 8. The summed E-state index contributed by atoms with van der Waals surface area (Å²) in [5.41, 5.74) is 3.83. The highest BCUT2D eigenvalue weighted by atomic mass is 16.5. The van der Waals surface area contributed by atoms with Gasteiger partial charge >= 0.3 is 0 Å². The van der Waals surface area contributed by atoms with Crippen molar-refractivity contribution in [1.82, 2.24) is 20.3 Å². The summed E-state index contributed by atoms with van der Waals surface area (Å²) in [6, 6.07) is 10.7. The van der Waals surface area contributed by atoms with Crippen LogP contribution in [-0.4, -0.2) is 66.8 Å². The molecule has 1 aliphatic heterocycles. The van der Waals surface area contributed by atoms with Gasteiger partial charge in [-0.15, -0.1) is 0 Å². The van der Waals surface area contributed by atoms with Crippen molar-refractivity contribution in [2.45, 2.75) is 45.3 Å². The highest BCUT2D eigenvalue weighted by Gasteiger charge is 2.21. The van der Waals surface area contributed by atoms with Crippen molar-refractivity contribution in [1.29, 1.82) is 0 Å². The molecule has 7 heteroatoms. The summed E-state index contributed by atoms with van der Waals surface area (Å²) in [7, 11) is 0. The maximum Gasteiger partial charge on any atom is 0.194 e. The minimum atomic E-state index is 0.250. The molecule has 1 fully saturated rings. The zero-order valence-corrected chi connectivity index (χ0v) is 18.6. The van der Waals surface area contributed by atoms with E-state index < -0.39 is 0 Å². The molecule has 7 nitrogen and oxygen atoms in total. The highest BCUT2D eigenvalue weighted by Crippen LogP contribution is 2.32. The molecule has 1 N–H and O–H groups in total. The predicted molar refractivity (Wildman–Crippen MR) is 122 cm³/mol. The van der Waals surface area contributed by atoms with Crippen LogP contribution in [-0.2, 0) is 17.7 Å². The molecule has 0 bridgehead atoms. The number of ether oxygens (including phenoxy) is 1. The van der Waals surface area contributed by atoms with E-state index in [1.54, 1.807) is 6.26 Å². The number of aryl methyl sites for hydroxylation is 1. The van der Waals surface area contributed by atoms with Crippen LogP contribution < -0.4 is 5.32 Å². The SMILES string of the molecule is CCNC(=NCCCOC1CCCc2ccccc21)N1CCN(Cc2ccon2)CC1. The van der Waals surface area contributed by atoms with Gasteiger partial charge in [-0.1, -0.05) is 29.4 Å². The molecule has 2 heterocycles. The zero-order valence-electron chi connectivity index (χ0n) is 18.6. The second kappa shape index (κ2) is 11.3. The van der Waals surface area contributed by atoms with E-state index in [9.17, 15) is 0 Å². The van der Waals surface area contributed by atoms with Crippen LogP contribution in [0.1, 0.15) is 49.1 Å². The molecule has 1 unspecified atom stereocenters. The van der Waals surface area contributed by atoms with Gasteiger partial charge in [-0.3, -0.25) is 9.89 Å². The average Bonchev–Trinajstić information content (AvgIpc) is 3.32. The van der Waals surface area contributed by atoms with Crippen molar-refractivity contribution in [3.63, 3.8) is 0 Å². The molecule has 2 aliphatic rings. The number of hydrogen-bond donors (Lipinski definition) is 1. The van der Waals surface area contributed by atoms with Crippen molar-refractivity contribution in [2.24, 2.45) is 4.99 Å². The molecule has 0 amide bonds. The smallest absolute Gasteiger partial charge is 0.194 e. The number of aromatic nitrogens is 1. The van der Waals surface area contributed by atoms with Crippen molar-refractivity contribution >= 4 is 5.96 Å². The number of nitrogens with zero attached hydrogens (tertiary/aromatic N) is 4. The molecule has 168 valence electrons.